The lowest BCUT2D eigenvalue weighted by molar-refractivity contribution is 0.0785. The topological polar surface area (TPSA) is 20.3 Å². The van der Waals surface area contributed by atoms with Crippen molar-refractivity contribution in [3.05, 3.63) is 34.3 Å². The number of hydrogen-bond acceptors (Lipinski definition) is 1. The maximum atomic E-state index is 12.1. The third kappa shape index (κ3) is 2.53. The summed E-state index contributed by atoms with van der Waals surface area (Å²) in [6.07, 6.45) is 2.23. The van der Waals surface area contributed by atoms with Crippen molar-refractivity contribution >= 4 is 44.4 Å². The summed E-state index contributed by atoms with van der Waals surface area (Å²) in [5.74, 6) is 0.152. The van der Waals surface area contributed by atoms with Crippen LogP contribution in [0.5, 0.6) is 0 Å². The third-order valence-corrected chi connectivity index (χ3v) is 4.36. The smallest absolute Gasteiger partial charge is 0.254 e. The van der Waals surface area contributed by atoms with Crippen LogP contribution in [0.15, 0.2) is 28.7 Å². The normalized spacial score (nSPS) is 20.7. The minimum Gasteiger partial charge on any atom is -0.327 e. The van der Waals surface area contributed by atoms with Crippen LogP contribution >= 0.6 is 38.5 Å². The molecule has 0 spiro atoms. The summed E-state index contributed by atoms with van der Waals surface area (Å²) < 4.78 is 1.37. The van der Waals surface area contributed by atoms with E-state index in [0.29, 0.717) is 4.05 Å². The van der Waals surface area contributed by atoms with Crippen LogP contribution in [0.3, 0.4) is 0 Å². The zero-order valence-electron chi connectivity index (χ0n) is 8.12. The van der Waals surface area contributed by atoms with E-state index in [9.17, 15) is 4.79 Å². The van der Waals surface area contributed by atoms with Gasteiger partial charge >= 0.3 is 0 Å². The first-order valence-corrected chi connectivity index (χ1v) is 6.93. The lowest BCUT2D eigenvalue weighted by Crippen LogP contribution is -2.31. The van der Waals surface area contributed by atoms with Gasteiger partial charge in [0.05, 0.1) is 4.05 Å². The van der Waals surface area contributed by atoms with Crippen molar-refractivity contribution in [3.8, 4) is 0 Å². The van der Waals surface area contributed by atoms with Crippen LogP contribution in [-0.2, 0) is 0 Å². The highest BCUT2D eigenvalue weighted by Gasteiger charge is 2.26. The highest BCUT2D eigenvalue weighted by Crippen LogP contribution is 2.24. The van der Waals surface area contributed by atoms with Crippen LogP contribution in [0.1, 0.15) is 23.2 Å². The SMILES string of the molecule is O=C(c1ccc(Br)cc1)N1CCC[C@H]1I. The van der Waals surface area contributed by atoms with E-state index in [1.807, 2.05) is 29.2 Å². The number of likely N-dealkylation sites (tertiary alicyclic amines) is 1. The molecule has 1 heterocycles. The quantitative estimate of drug-likeness (QED) is 0.415. The highest BCUT2D eigenvalue weighted by molar-refractivity contribution is 14.1. The molecule has 1 aromatic carbocycles. The van der Waals surface area contributed by atoms with Crippen LogP contribution in [-0.4, -0.2) is 21.4 Å². The Hall–Kier alpha value is -0.100. The first-order valence-electron chi connectivity index (χ1n) is 4.89. The Morgan fingerprint density at radius 3 is 2.60 bits per heavy atom. The van der Waals surface area contributed by atoms with Gasteiger partial charge in [0.2, 0.25) is 0 Å². The molecule has 0 aliphatic carbocycles. The second-order valence-electron chi connectivity index (χ2n) is 3.58. The van der Waals surface area contributed by atoms with Gasteiger partial charge in [0.25, 0.3) is 5.91 Å². The zero-order valence-corrected chi connectivity index (χ0v) is 11.9. The Balaban J connectivity index is 2.17. The highest BCUT2D eigenvalue weighted by atomic mass is 127. The summed E-state index contributed by atoms with van der Waals surface area (Å²) in [7, 11) is 0. The van der Waals surface area contributed by atoms with E-state index >= 15 is 0 Å². The molecule has 0 aromatic heterocycles. The number of nitrogens with zero attached hydrogens (tertiary/aromatic N) is 1. The van der Waals surface area contributed by atoms with Crippen molar-refractivity contribution in [1.82, 2.24) is 4.90 Å². The Labute approximate surface area is 111 Å². The Morgan fingerprint density at radius 1 is 1.40 bits per heavy atom. The Bertz CT molecular complexity index is 365. The van der Waals surface area contributed by atoms with Crippen LogP contribution in [0, 0.1) is 0 Å². The van der Waals surface area contributed by atoms with Crippen molar-refractivity contribution in [2.45, 2.75) is 16.9 Å². The molecule has 1 atom stereocenters. The van der Waals surface area contributed by atoms with Gasteiger partial charge in [-0.05, 0) is 37.1 Å². The second kappa shape index (κ2) is 4.82. The summed E-state index contributed by atoms with van der Waals surface area (Å²) in [5.41, 5.74) is 0.779. The summed E-state index contributed by atoms with van der Waals surface area (Å²) >= 11 is 5.70. The van der Waals surface area contributed by atoms with Crippen molar-refractivity contribution in [2.75, 3.05) is 6.54 Å². The molecule has 0 unspecified atom stereocenters. The van der Waals surface area contributed by atoms with Gasteiger partial charge in [-0.2, -0.15) is 0 Å². The molecule has 0 saturated carbocycles. The molecule has 1 aromatic rings. The molecular weight excluding hydrogens is 369 g/mol. The number of benzene rings is 1. The van der Waals surface area contributed by atoms with Crippen LogP contribution in [0.2, 0.25) is 0 Å². The lowest BCUT2D eigenvalue weighted by Gasteiger charge is -2.20. The van der Waals surface area contributed by atoms with Gasteiger partial charge in [-0.1, -0.05) is 38.5 Å². The molecule has 1 fully saturated rings. The number of carbonyl (C=O) groups excluding carboxylic acids is 1. The van der Waals surface area contributed by atoms with E-state index in [4.69, 9.17) is 0 Å². The molecule has 1 amide bonds. The molecule has 1 aliphatic heterocycles. The van der Waals surface area contributed by atoms with Crippen molar-refractivity contribution < 1.29 is 4.79 Å². The van der Waals surface area contributed by atoms with Gasteiger partial charge in [0.15, 0.2) is 0 Å². The fraction of sp³-hybridized carbons (Fsp3) is 0.364. The van der Waals surface area contributed by atoms with E-state index in [2.05, 4.69) is 38.5 Å². The third-order valence-electron chi connectivity index (χ3n) is 2.53. The van der Waals surface area contributed by atoms with Crippen molar-refractivity contribution in [3.63, 3.8) is 0 Å². The number of alkyl halides is 1. The number of rotatable bonds is 1. The average Bonchev–Trinajstić information content (AvgIpc) is 2.65. The Morgan fingerprint density at radius 2 is 2.07 bits per heavy atom. The molecule has 1 saturated heterocycles. The predicted octanol–water partition coefficient (Wildman–Crippen LogP) is 3.45. The van der Waals surface area contributed by atoms with Crippen LogP contribution in [0.25, 0.3) is 0 Å². The first kappa shape index (κ1) is 11.4. The van der Waals surface area contributed by atoms with E-state index < -0.39 is 0 Å². The minimum absolute atomic E-state index is 0.152. The van der Waals surface area contributed by atoms with Crippen molar-refractivity contribution in [1.29, 1.82) is 0 Å². The van der Waals surface area contributed by atoms with Crippen molar-refractivity contribution in [2.24, 2.45) is 0 Å². The molecule has 2 nitrogen and oxygen atoms in total. The maximum Gasteiger partial charge on any atom is 0.254 e. The van der Waals surface area contributed by atoms with Gasteiger partial charge < -0.3 is 4.90 Å². The van der Waals surface area contributed by atoms with E-state index in [0.717, 1.165) is 29.4 Å². The van der Waals surface area contributed by atoms with Gasteiger partial charge in [0.1, 0.15) is 0 Å². The molecule has 15 heavy (non-hydrogen) atoms. The second-order valence-corrected chi connectivity index (χ2v) is 5.94. The van der Waals surface area contributed by atoms with Crippen LogP contribution < -0.4 is 0 Å². The van der Waals surface area contributed by atoms with Gasteiger partial charge in [-0.25, -0.2) is 0 Å². The fourth-order valence-corrected chi connectivity index (χ4v) is 2.95. The summed E-state index contributed by atoms with van der Waals surface area (Å²) in [6.45, 7) is 0.891. The summed E-state index contributed by atoms with van der Waals surface area (Å²) in [6, 6.07) is 7.55. The molecule has 80 valence electrons. The van der Waals surface area contributed by atoms with Gasteiger partial charge in [-0.3, -0.25) is 4.79 Å². The lowest BCUT2D eigenvalue weighted by atomic mass is 10.2. The minimum atomic E-state index is 0.152. The van der Waals surface area contributed by atoms with E-state index in [-0.39, 0.29) is 5.91 Å². The molecule has 0 N–H and O–H groups in total. The molecular formula is C11H11BrINO. The standard InChI is InChI=1S/C11H11BrINO/c12-9-5-3-8(4-6-9)11(15)14-7-1-2-10(14)13/h3-6,10H,1-2,7H2/t10-/m0/s1. The molecule has 0 radical (unpaired) electrons. The monoisotopic (exact) mass is 379 g/mol. The van der Waals surface area contributed by atoms with Gasteiger partial charge in [-0.15, -0.1) is 0 Å². The average molecular weight is 380 g/mol. The molecule has 4 heteroatoms. The summed E-state index contributed by atoms with van der Waals surface area (Å²) in [4.78, 5) is 14.0. The van der Waals surface area contributed by atoms with E-state index in [1.165, 1.54) is 0 Å². The largest absolute Gasteiger partial charge is 0.327 e. The number of amides is 1. The van der Waals surface area contributed by atoms with Crippen LogP contribution in [0.4, 0.5) is 0 Å². The first-order chi connectivity index (χ1) is 7.18. The van der Waals surface area contributed by atoms with E-state index in [1.54, 1.807) is 0 Å². The number of hydrogen-bond donors (Lipinski definition) is 0. The predicted molar refractivity (Wildman–Crippen MR) is 72.2 cm³/mol. The molecule has 1 aliphatic rings. The Kier molecular flexibility index (Phi) is 3.66. The molecule has 0 bridgehead atoms. The summed E-state index contributed by atoms with van der Waals surface area (Å²) in [5, 5.41) is 0. The van der Waals surface area contributed by atoms with Gasteiger partial charge in [0, 0.05) is 16.6 Å². The number of halogens is 2. The molecule has 2 rings (SSSR count). The zero-order chi connectivity index (χ0) is 10.8. The fourth-order valence-electron chi connectivity index (χ4n) is 1.71. The maximum absolute atomic E-state index is 12.1. The number of carbonyl (C=O) groups is 1.